The molecule has 1 aliphatic rings. The van der Waals surface area contributed by atoms with Gasteiger partial charge in [-0.2, -0.15) is 0 Å². The van der Waals surface area contributed by atoms with Crippen molar-refractivity contribution >= 4 is 16.8 Å². The van der Waals surface area contributed by atoms with Crippen molar-refractivity contribution in [3.63, 3.8) is 0 Å². The third-order valence-corrected chi connectivity index (χ3v) is 6.01. The maximum atomic E-state index is 13.6. The van der Waals surface area contributed by atoms with E-state index in [1.165, 1.54) is 0 Å². The first kappa shape index (κ1) is 21.8. The summed E-state index contributed by atoms with van der Waals surface area (Å²) in [6, 6.07) is 17.7. The van der Waals surface area contributed by atoms with Gasteiger partial charge in [-0.15, -0.1) is 0 Å². The van der Waals surface area contributed by atoms with Crippen LogP contribution in [-0.4, -0.2) is 36.1 Å². The quantitative estimate of drug-likeness (QED) is 0.294. The molecule has 6 nitrogen and oxygen atoms in total. The molecule has 3 aromatic carbocycles. The van der Waals surface area contributed by atoms with Crippen LogP contribution in [0.1, 0.15) is 28.6 Å². The van der Waals surface area contributed by atoms with Crippen LogP contribution >= 0.6 is 0 Å². The highest BCUT2D eigenvalue weighted by Crippen LogP contribution is 2.40. The van der Waals surface area contributed by atoms with Crippen LogP contribution in [0.3, 0.4) is 0 Å². The standard InChI is InChI=1S/C28H25NO5/c1-17(29(2)3)33-22-12-8-19(9-13-22)27(31)28-26(18-6-10-21(30)11-7-18)23-15-20-5-4-14-32-24(20)16-25(23)34-28/h4,6-17,30H,5H2,1-3H3. The highest BCUT2D eigenvalue weighted by molar-refractivity contribution is 6.16. The number of allylic oxidation sites excluding steroid dienone is 1. The van der Waals surface area contributed by atoms with Gasteiger partial charge in [0.1, 0.15) is 29.1 Å². The number of fused-ring (bicyclic) bond motifs is 2. The lowest BCUT2D eigenvalue weighted by Gasteiger charge is -2.21. The second-order valence-corrected chi connectivity index (χ2v) is 8.54. The van der Waals surface area contributed by atoms with Crippen molar-refractivity contribution in [2.45, 2.75) is 19.6 Å². The minimum Gasteiger partial charge on any atom is -0.508 e. The molecule has 0 spiro atoms. The number of ketones is 1. The number of rotatable bonds is 6. The lowest BCUT2D eigenvalue weighted by atomic mass is 9.96. The first-order valence-corrected chi connectivity index (χ1v) is 11.1. The Hall–Kier alpha value is -4.03. The number of nitrogens with zero attached hydrogens (tertiary/aromatic N) is 1. The Balaban J connectivity index is 1.59. The molecule has 1 atom stereocenters. The van der Waals surface area contributed by atoms with Crippen LogP contribution in [0, 0.1) is 0 Å². The van der Waals surface area contributed by atoms with Crippen LogP contribution in [0.4, 0.5) is 0 Å². The lowest BCUT2D eigenvalue weighted by Crippen LogP contribution is -2.30. The zero-order chi connectivity index (χ0) is 23.8. The summed E-state index contributed by atoms with van der Waals surface area (Å²) in [5, 5.41) is 10.6. The molecule has 1 aliphatic heterocycles. The summed E-state index contributed by atoms with van der Waals surface area (Å²) in [4.78, 5) is 15.6. The average molecular weight is 456 g/mol. The number of aromatic hydroxyl groups is 1. The van der Waals surface area contributed by atoms with Crippen LogP contribution in [0.2, 0.25) is 0 Å². The highest BCUT2D eigenvalue weighted by atomic mass is 16.5. The van der Waals surface area contributed by atoms with Crippen molar-refractivity contribution in [1.29, 1.82) is 0 Å². The summed E-state index contributed by atoms with van der Waals surface area (Å²) in [6.45, 7) is 1.95. The summed E-state index contributed by atoms with van der Waals surface area (Å²) in [6.07, 6.45) is 4.24. The molecule has 4 aromatic rings. The van der Waals surface area contributed by atoms with Gasteiger partial charge in [-0.25, -0.2) is 0 Å². The first-order chi connectivity index (χ1) is 16.4. The van der Waals surface area contributed by atoms with Crippen molar-refractivity contribution < 1.29 is 23.8 Å². The highest BCUT2D eigenvalue weighted by Gasteiger charge is 2.25. The predicted octanol–water partition coefficient (Wildman–Crippen LogP) is 5.77. The summed E-state index contributed by atoms with van der Waals surface area (Å²) in [7, 11) is 3.88. The smallest absolute Gasteiger partial charge is 0.228 e. The Morgan fingerprint density at radius 1 is 1.06 bits per heavy atom. The van der Waals surface area contributed by atoms with Crippen molar-refractivity contribution in [1.82, 2.24) is 4.90 Å². The van der Waals surface area contributed by atoms with Gasteiger partial charge in [-0.3, -0.25) is 9.69 Å². The Bertz CT molecular complexity index is 1380. The summed E-state index contributed by atoms with van der Waals surface area (Å²) >= 11 is 0. The van der Waals surface area contributed by atoms with Crippen LogP contribution in [0.25, 0.3) is 22.1 Å². The normalized spacial score (nSPS) is 13.5. The molecule has 0 fully saturated rings. The predicted molar refractivity (Wildman–Crippen MR) is 130 cm³/mol. The Morgan fingerprint density at radius 2 is 1.79 bits per heavy atom. The molecule has 0 aliphatic carbocycles. The number of phenolic OH excluding ortho intramolecular Hbond substituents is 1. The molecule has 0 saturated carbocycles. The molecule has 1 unspecified atom stereocenters. The van der Waals surface area contributed by atoms with Gasteiger partial charge in [0.05, 0.1) is 6.26 Å². The molecular formula is C28H25NO5. The van der Waals surface area contributed by atoms with Gasteiger partial charge < -0.3 is 19.0 Å². The maximum Gasteiger partial charge on any atom is 0.228 e. The minimum absolute atomic E-state index is 0.0965. The number of benzene rings is 3. The van der Waals surface area contributed by atoms with Gasteiger partial charge in [-0.05, 0) is 87.1 Å². The van der Waals surface area contributed by atoms with E-state index in [0.717, 1.165) is 28.7 Å². The van der Waals surface area contributed by atoms with Crippen molar-refractivity contribution in [2.24, 2.45) is 0 Å². The van der Waals surface area contributed by atoms with E-state index in [4.69, 9.17) is 13.9 Å². The zero-order valence-corrected chi connectivity index (χ0v) is 19.2. The van der Waals surface area contributed by atoms with Gasteiger partial charge in [0.25, 0.3) is 0 Å². The second kappa shape index (κ2) is 8.72. The minimum atomic E-state index is -0.233. The summed E-state index contributed by atoms with van der Waals surface area (Å²) in [5.74, 6) is 1.56. The van der Waals surface area contributed by atoms with E-state index >= 15 is 0 Å². The van der Waals surface area contributed by atoms with Crippen LogP contribution in [-0.2, 0) is 6.42 Å². The molecule has 1 aromatic heterocycles. The molecule has 172 valence electrons. The molecular weight excluding hydrogens is 430 g/mol. The third kappa shape index (κ3) is 4.04. The van der Waals surface area contributed by atoms with E-state index in [-0.39, 0.29) is 23.5 Å². The SMILES string of the molecule is CC(Oc1ccc(C(=O)c2oc3cc4c(cc3c2-c2ccc(O)cc2)CC=CO4)cc1)N(C)C. The fourth-order valence-corrected chi connectivity index (χ4v) is 3.93. The Labute approximate surface area is 197 Å². The number of hydrogen-bond acceptors (Lipinski definition) is 6. The van der Waals surface area contributed by atoms with Crippen LogP contribution in [0.5, 0.6) is 17.2 Å². The summed E-state index contributed by atoms with van der Waals surface area (Å²) < 4.78 is 17.6. The Morgan fingerprint density at radius 3 is 2.50 bits per heavy atom. The van der Waals surface area contributed by atoms with E-state index < -0.39 is 0 Å². The molecule has 34 heavy (non-hydrogen) atoms. The largest absolute Gasteiger partial charge is 0.508 e. The Kier molecular flexibility index (Phi) is 5.59. The van der Waals surface area contributed by atoms with E-state index in [1.54, 1.807) is 54.8 Å². The number of phenols is 1. The van der Waals surface area contributed by atoms with Gasteiger partial charge in [0, 0.05) is 22.6 Å². The molecule has 2 heterocycles. The van der Waals surface area contributed by atoms with Gasteiger partial charge >= 0.3 is 0 Å². The maximum absolute atomic E-state index is 13.6. The van der Waals surface area contributed by atoms with E-state index in [2.05, 4.69) is 0 Å². The fraction of sp³-hybridized carbons (Fsp3) is 0.179. The first-order valence-electron chi connectivity index (χ1n) is 11.1. The molecule has 6 heteroatoms. The topological polar surface area (TPSA) is 72.1 Å². The molecule has 0 saturated heterocycles. The second-order valence-electron chi connectivity index (χ2n) is 8.54. The van der Waals surface area contributed by atoms with Gasteiger partial charge in [-0.1, -0.05) is 12.1 Å². The fourth-order valence-electron chi connectivity index (χ4n) is 3.93. The number of carbonyl (C=O) groups is 1. The monoisotopic (exact) mass is 455 g/mol. The number of ether oxygens (including phenoxy) is 2. The number of carbonyl (C=O) groups excluding carboxylic acids is 1. The molecule has 0 bridgehead atoms. The van der Waals surface area contributed by atoms with Crippen LogP contribution in [0.15, 0.2) is 77.4 Å². The molecule has 1 N–H and O–H groups in total. The molecule has 5 rings (SSSR count). The molecule has 0 amide bonds. The van der Waals surface area contributed by atoms with Crippen LogP contribution < -0.4 is 9.47 Å². The zero-order valence-electron chi connectivity index (χ0n) is 19.2. The van der Waals surface area contributed by atoms with Crippen molar-refractivity contribution in [3.05, 3.63) is 89.9 Å². The average Bonchev–Trinajstić information content (AvgIpc) is 3.21. The molecule has 0 radical (unpaired) electrons. The third-order valence-electron chi connectivity index (χ3n) is 6.01. The lowest BCUT2D eigenvalue weighted by molar-refractivity contribution is 0.0815. The van der Waals surface area contributed by atoms with E-state index in [1.807, 2.05) is 44.1 Å². The van der Waals surface area contributed by atoms with E-state index in [0.29, 0.717) is 22.5 Å². The number of furan rings is 1. The van der Waals surface area contributed by atoms with Gasteiger partial charge in [0.2, 0.25) is 5.78 Å². The van der Waals surface area contributed by atoms with E-state index in [9.17, 15) is 9.90 Å². The van der Waals surface area contributed by atoms with Crippen molar-refractivity contribution in [2.75, 3.05) is 14.1 Å². The summed E-state index contributed by atoms with van der Waals surface area (Å²) in [5.41, 5.74) is 3.56. The number of hydrogen-bond donors (Lipinski definition) is 1. The van der Waals surface area contributed by atoms with Gasteiger partial charge in [0.15, 0.2) is 5.76 Å². The van der Waals surface area contributed by atoms with Crippen molar-refractivity contribution in [3.8, 4) is 28.4 Å².